The molecule has 22 heavy (non-hydrogen) atoms. The van der Waals surface area contributed by atoms with Crippen LogP contribution < -0.4 is 5.32 Å². The average Bonchev–Trinajstić information content (AvgIpc) is 3.14. The summed E-state index contributed by atoms with van der Waals surface area (Å²) in [5, 5.41) is 8.44. The van der Waals surface area contributed by atoms with E-state index < -0.39 is 0 Å². The lowest BCUT2D eigenvalue weighted by atomic mass is 10.3. The van der Waals surface area contributed by atoms with Crippen LogP contribution in [0.4, 0.5) is 5.13 Å². The van der Waals surface area contributed by atoms with Gasteiger partial charge in [0.1, 0.15) is 5.69 Å². The first-order chi connectivity index (χ1) is 10.6. The van der Waals surface area contributed by atoms with Gasteiger partial charge in [0.15, 0.2) is 5.13 Å². The van der Waals surface area contributed by atoms with E-state index in [1.165, 1.54) is 16.0 Å². The van der Waals surface area contributed by atoms with Crippen molar-refractivity contribution in [1.82, 2.24) is 19.7 Å². The van der Waals surface area contributed by atoms with Crippen LogP contribution in [-0.4, -0.2) is 25.7 Å². The monoisotopic (exact) mass is 329 g/mol. The number of hydrogen-bond donors (Lipinski definition) is 1. The summed E-state index contributed by atoms with van der Waals surface area (Å²) in [4.78, 5) is 21.2. The van der Waals surface area contributed by atoms with Gasteiger partial charge in [0.05, 0.1) is 25.4 Å². The van der Waals surface area contributed by atoms with Gasteiger partial charge in [-0.3, -0.25) is 14.8 Å². The predicted molar refractivity (Wildman–Crippen MR) is 88.7 cm³/mol. The molecule has 0 aliphatic rings. The molecule has 8 heteroatoms. The first kappa shape index (κ1) is 13.4. The zero-order valence-electron chi connectivity index (χ0n) is 11.8. The predicted octanol–water partition coefficient (Wildman–Crippen LogP) is 3.20. The molecule has 0 aliphatic carbocycles. The largest absolute Gasteiger partial charge is 0.296 e. The van der Waals surface area contributed by atoms with Crippen molar-refractivity contribution in [2.75, 3.05) is 5.32 Å². The molecule has 1 amide bonds. The molecule has 0 unspecified atom stereocenters. The van der Waals surface area contributed by atoms with E-state index in [0.29, 0.717) is 10.8 Å². The number of anilines is 1. The molecule has 4 aromatic rings. The Labute approximate surface area is 133 Å². The minimum absolute atomic E-state index is 0.212. The molecule has 4 rings (SSSR count). The van der Waals surface area contributed by atoms with Crippen LogP contribution in [0.2, 0.25) is 0 Å². The Morgan fingerprint density at radius 1 is 1.14 bits per heavy atom. The van der Waals surface area contributed by atoms with Crippen LogP contribution in [-0.2, 0) is 7.05 Å². The summed E-state index contributed by atoms with van der Waals surface area (Å²) in [6.07, 6.45) is 1.59. The summed E-state index contributed by atoms with van der Waals surface area (Å²) in [5.41, 5.74) is 2.35. The lowest BCUT2D eigenvalue weighted by Crippen LogP contribution is -2.15. The van der Waals surface area contributed by atoms with Gasteiger partial charge in [0, 0.05) is 13.2 Å². The molecule has 110 valence electrons. The van der Waals surface area contributed by atoms with E-state index in [2.05, 4.69) is 20.4 Å². The average molecular weight is 329 g/mol. The molecule has 0 saturated carbocycles. The summed E-state index contributed by atoms with van der Waals surface area (Å²) < 4.78 is 3.71. The Morgan fingerprint density at radius 3 is 2.59 bits per heavy atom. The van der Waals surface area contributed by atoms with Crippen LogP contribution in [0.15, 0.2) is 24.4 Å². The molecule has 0 fully saturated rings. The van der Waals surface area contributed by atoms with Crippen LogP contribution in [0.3, 0.4) is 0 Å². The number of fused-ring (bicyclic) bond motifs is 3. The molecule has 0 radical (unpaired) electrons. The van der Waals surface area contributed by atoms with E-state index in [4.69, 9.17) is 0 Å². The van der Waals surface area contributed by atoms with Crippen molar-refractivity contribution in [3.05, 3.63) is 35.1 Å². The number of carbonyl (C=O) groups excluding carboxylic acids is 1. The molecule has 0 spiro atoms. The summed E-state index contributed by atoms with van der Waals surface area (Å²) >= 11 is 3.12. The Bertz CT molecular complexity index is 1010. The first-order valence-electron chi connectivity index (χ1n) is 6.58. The number of rotatable bonds is 2. The van der Waals surface area contributed by atoms with Crippen LogP contribution in [0.25, 0.3) is 20.4 Å². The normalized spacial score (nSPS) is 11.4. The summed E-state index contributed by atoms with van der Waals surface area (Å²) in [6, 6.07) is 5.58. The zero-order valence-corrected chi connectivity index (χ0v) is 13.5. The van der Waals surface area contributed by atoms with Crippen LogP contribution in [0.5, 0.6) is 0 Å². The van der Waals surface area contributed by atoms with Gasteiger partial charge in [-0.25, -0.2) is 9.97 Å². The third kappa shape index (κ3) is 2.08. The van der Waals surface area contributed by atoms with E-state index in [1.807, 2.05) is 19.1 Å². The molecule has 0 atom stereocenters. The number of aryl methyl sites for hydroxylation is 2. The number of benzene rings is 1. The van der Waals surface area contributed by atoms with Crippen molar-refractivity contribution >= 4 is 54.1 Å². The summed E-state index contributed by atoms with van der Waals surface area (Å²) in [6.45, 7) is 1.99. The summed E-state index contributed by atoms with van der Waals surface area (Å²) in [5.74, 6) is -0.212. The third-order valence-electron chi connectivity index (χ3n) is 3.29. The number of hydrogen-bond acceptors (Lipinski definition) is 6. The van der Waals surface area contributed by atoms with Gasteiger partial charge in [0.2, 0.25) is 0 Å². The van der Waals surface area contributed by atoms with Crippen LogP contribution >= 0.6 is 22.7 Å². The highest BCUT2D eigenvalue weighted by Gasteiger charge is 2.15. The minimum atomic E-state index is -0.212. The molecule has 0 bridgehead atoms. The van der Waals surface area contributed by atoms with E-state index in [-0.39, 0.29) is 5.91 Å². The fourth-order valence-electron chi connectivity index (χ4n) is 2.30. The Balaban J connectivity index is 1.75. The van der Waals surface area contributed by atoms with Gasteiger partial charge in [-0.05, 0) is 25.1 Å². The van der Waals surface area contributed by atoms with Crippen molar-refractivity contribution in [2.24, 2.45) is 7.05 Å². The van der Waals surface area contributed by atoms with Gasteiger partial charge in [-0.15, -0.1) is 11.3 Å². The van der Waals surface area contributed by atoms with E-state index in [0.717, 1.165) is 25.4 Å². The highest BCUT2D eigenvalue weighted by molar-refractivity contribution is 7.28. The van der Waals surface area contributed by atoms with Crippen LogP contribution in [0, 0.1) is 6.92 Å². The van der Waals surface area contributed by atoms with Gasteiger partial charge in [-0.1, -0.05) is 11.3 Å². The lowest BCUT2D eigenvalue weighted by molar-refractivity contribution is 0.101. The molecule has 0 saturated heterocycles. The third-order valence-corrected chi connectivity index (χ3v) is 5.43. The SMILES string of the molecule is Cc1nc2ccc3nc(NC(=O)c4ccnn4C)sc3c2s1. The van der Waals surface area contributed by atoms with Gasteiger partial charge >= 0.3 is 0 Å². The quantitative estimate of drug-likeness (QED) is 0.613. The molecular weight excluding hydrogens is 318 g/mol. The molecule has 3 heterocycles. The second-order valence-corrected chi connectivity index (χ2v) is 7.01. The fraction of sp³-hybridized carbons (Fsp3) is 0.143. The second-order valence-electron chi connectivity index (χ2n) is 4.81. The maximum atomic E-state index is 12.2. The number of thiazole rings is 2. The number of carbonyl (C=O) groups is 1. The van der Waals surface area contributed by atoms with Crippen LogP contribution in [0.1, 0.15) is 15.5 Å². The van der Waals surface area contributed by atoms with Gasteiger partial charge < -0.3 is 0 Å². The molecular formula is C14H11N5OS2. The number of aromatic nitrogens is 4. The Kier molecular flexibility index (Phi) is 2.95. The van der Waals surface area contributed by atoms with Crippen molar-refractivity contribution in [1.29, 1.82) is 0 Å². The standard InChI is InChI=1S/C14H11N5OS2/c1-7-16-8-3-4-9-12(11(8)21-7)22-14(17-9)18-13(20)10-5-6-15-19(10)2/h3-6H,1-2H3,(H,17,18,20). The van der Waals surface area contributed by atoms with E-state index in [9.17, 15) is 4.79 Å². The number of nitrogens with zero attached hydrogens (tertiary/aromatic N) is 4. The van der Waals surface area contributed by atoms with E-state index in [1.54, 1.807) is 30.6 Å². The molecule has 0 aliphatic heterocycles. The number of nitrogens with one attached hydrogen (secondary N) is 1. The smallest absolute Gasteiger partial charge is 0.275 e. The molecule has 1 aromatic carbocycles. The van der Waals surface area contributed by atoms with Gasteiger partial charge in [-0.2, -0.15) is 5.10 Å². The lowest BCUT2D eigenvalue weighted by Gasteiger charge is -2.00. The minimum Gasteiger partial charge on any atom is -0.296 e. The maximum Gasteiger partial charge on any atom is 0.275 e. The maximum absolute atomic E-state index is 12.2. The molecule has 3 aromatic heterocycles. The second kappa shape index (κ2) is 4.85. The summed E-state index contributed by atoms with van der Waals surface area (Å²) in [7, 11) is 1.73. The van der Waals surface area contributed by atoms with Gasteiger partial charge in [0.25, 0.3) is 5.91 Å². The van der Waals surface area contributed by atoms with Crippen molar-refractivity contribution in [3.8, 4) is 0 Å². The van der Waals surface area contributed by atoms with Crippen molar-refractivity contribution < 1.29 is 4.79 Å². The van der Waals surface area contributed by atoms with Crippen molar-refractivity contribution in [2.45, 2.75) is 6.92 Å². The van der Waals surface area contributed by atoms with E-state index >= 15 is 0 Å². The molecule has 1 N–H and O–H groups in total. The topological polar surface area (TPSA) is 72.7 Å². The fourth-order valence-corrected chi connectivity index (χ4v) is 4.30. The molecule has 6 nitrogen and oxygen atoms in total. The highest BCUT2D eigenvalue weighted by Crippen LogP contribution is 2.35. The van der Waals surface area contributed by atoms with Crippen molar-refractivity contribution in [3.63, 3.8) is 0 Å². The Morgan fingerprint density at radius 2 is 1.86 bits per heavy atom. The highest BCUT2D eigenvalue weighted by atomic mass is 32.1. The number of amides is 1. The Hall–Kier alpha value is -2.32. The zero-order chi connectivity index (χ0) is 15.3. The first-order valence-corrected chi connectivity index (χ1v) is 8.21.